The molecule has 6 heteroatoms. The van der Waals surface area contributed by atoms with Gasteiger partial charge in [-0.15, -0.1) is 22.9 Å². The molecule has 0 aromatic carbocycles. The van der Waals surface area contributed by atoms with Gasteiger partial charge in [0.05, 0.1) is 17.5 Å². The fraction of sp³-hybridized carbons (Fsp3) is 0.455. The van der Waals surface area contributed by atoms with Crippen molar-refractivity contribution in [3.8, 4) is 0 Å². The first-order valence-corrected chi connectivity index (χ1v) is 6.64. The number of alkyl halides is 1. The number of nitrogens with zero attached hydrogens (tertiary/aromatic N) is 1. The number of amides is 1. The fourth-order valence-corrected chi connectivity index (χ4v) is 2.92. The van der Waals surface area contributed by atoms with Gasteiger partial charge in [-0.2, -0.15) is 0 Å². The summed E-state index contributed by atoms with van der Waals surface area (Å²) in [6.45, 7) is 2.52. The van der Waals surface area contributed by atoms with E-state index in [2.05, 4.69) is 0 Å². The smallest absolute Gasteiger partial charge is 0.341 e. The highest BCUT2D eigenvalue weighted by Crippen LogP contribution is 2.32. The fourth-order valence-electron chi connectivity index (χ4n) is 1.73. The molecule has 1 saturated heterocycles. The predicted molar refractivity (Wildman–Crippen MR) is 66.9 cm³/mol. The van der Waals surface area contributed by atoms with Crippen molar-refractivity contribution >= 4 is 39.8 Å². The Morgan fingerprint density at radius 3 is 3.06 bits per heavy atom. The normalized spacial score (nSPS) is 19.8. The van der Waals surface area contributed by atoms with Crippen LogP contribution in [-0.2, 0) is 9.53 Å². The van der Waals surface area contributed by atoms with Crippen molar-refractivity contribution in [3.05, 3.63) is 17.0 Å². The molecule has 0 saturated carbocycles. The SMILES string of the molecule is CCOC(=O)c1ccsc1N1CC(Cl)CC1=O. The number of carbonyl (C=O) groups is 2. The summed E-state index contributed by atoms with van der Waals surface area (Å²) in [5.41, 5.74) is 0.441. The highest BCUT2D eigenvalue weighted by Gasteiger charge is 2.32. The van der Waals surface area contributed by atoms with Crippen LogP contribution in [0, 0.1) is 0 Å². The Kier molecular flexibility index (Phi) is 3.69. The van der Waals surface area contributed by atoms with Crippen LogP contribution in [0.2, 0.25) is 0 Å². The van der Waals surface area contributed by atoms with Gasteiger partial charge in [-0.1, -0.05) is 0 Å². The number of carbonyl (C=O) groups excluding carboxylic acids is 2. The second-order valence-corrected chi connectivity index (χ2v) is 5.18. The van der Waals surface area contributed by atoms with Crippen LogP contribution in [0.25, 0.3) is 0 Å². The Morgan fingerprint density at radius 1 is 1.71 bits per heavy atom. The van der Waals surface area contributed by atoms with Crippen LogP contribution < -0.4 is 4.90 Å². The Morgan fingerprint density at radius 2 is 2.47 bits per heavy atom. The van der Waals surface area contributed by atoms with Crippen LogP contribution in [0.4, 0.5) is 5.00 Å². The van der Waals surface area contributed by atoms with Crippen molar-refractivity contribution in [1.82, 2.24) is 0 Å². The number of hydrogen-bond acceptors (Lipinski definition) is 4. The highest BCUT2D eigenvalue weighted by atomic mass is 35.5. The third-order valence-corrected chi connectivity index (χ3v) is 3.69. The van der Waals surface area contributed by atoms with Gasteiger partial charge in [-0.3, -0.25) is 4.79 Å². The lowest BCUT2D eigenvalue weighted by Crippen LogP contribution is -2.25. The second kappa shape index (κ2) is 5.06. The van der Waals surface area contributed by atoms with Crippen molar-refractivity contribution in [2.24, 2.45) is 0 Å². The molecule has 2 heterocycles. The number of hydrogen-bond donors (Lipinski definition) is 0. The molecule has 1 aliphatic rings. The van der Waals surface area contributed by atoms with Gasteiger partial charge in [0.2, 0.25) is 5.91 Å². The molecule has 1 amide bonds. The minimum Gasteiger partial charge on any atom is -0.462 e. The second-order valence-electron chi connectivity index (χ2n) is 3.67. The maximum absolute atomic E-state index is 11.7. The average Bonchev–Trinajstić information content (AvgIpc) is 2.84. The van der Waals surface area contributed by atoms with Crippen molar-refractivity contribution in [2.75, 3.05) is 18.1 Å². The Labute approximate surface area is 108 Å². The lowest BCUT2D eigenvalue weighted by molar-refractivity contribution is -0.117. The molecule has 1 atom stereocenters. The third-order valence-electron chi connectivity index (χ3n) is 2.46. The number of anilines is 1. The molecule has 1 unspecified atom stereocenters. The predicted octanol–water partition coefficient (Wildman–Crippen LogP) is 2.27. The van der Waals surface area contributed by atoms with Gasteiger partial charge < -0.3 is 9.64 Å². The molecule has 1 fully saturated rings. The quantitative estimate of drug-likeness (QED) is 0.627. The first-order valence-electron chi connectivity index (χ1n) is 5.32. The summed E-state index contributed by atoms with van der Waals surface area (Å²) in [6, 6.07) is 1.67. The van der Waals surface area contributed by atoms with Crippen LogP contribution in [-0.4, -0.2) is 30.4 Å². The molecule has 0 radical (unpaired) electrons. The summed E-state index contributed by atoms with van der Waals surface area (Å²) in [5, 5.41) is 2.23. The van der Waals surface area contributed by atoms with Crippen LogP contribution in [0.3, 0.4) is 0 Å². The Balaban J connectivity index is 2.25. The lowest BCUT2D eigenvalue weighted by Gasteiger charge is -2.15. The molecule has 92 valence electrons. The molecular formula is C11H12ClNO3S. The molecule has 0 aliphatic carbocycles. The molecule has 0 spiro atoms. The number of halogens is 1. The van der Waals surface area contributed by atoms with Gasteiger partial charge in [0.1, 0.15) is 5.00 Å². The maximum atomic E-state index is 11.7. The Bertz CT molecular complexity index is 446. The van der Waals surface area contributed by atoms with E-state index >= 15 is 0 Å². The molecular weight excluding hydrogens is 262 g/mol. The van der Waals surface area contributed by atoms with Crippen molar-refractivity contribution < 1.29 is 14.3 Å². The molecule has 0 N–H and O–H groups in total. The number of esters is 1. The van der Waals surface area contributed by atoms with E-state index in [0.717, 1.165) is 0 Å². The number of ether oxygens (including phenoxy) is 1. The van der Waals surface area contributed by atoms with E-state index in [0.29, 0.717) is 30.1 Å². The zero-order valence-electron chi connectivity index (χ0n) is 9.31. The van der Waals surface area contributed by atoms with Crippen LogP contribution >= 0.6 is 22.9 Å². The Hall–Kier alpha value is -1.07. The molecule has 1 aromatic heterocycles. The van der Waals surface area contributed by atoms with Gasteiger partial charge >= 0.3 is 5.97 Å². The summed E-state index contributed by atoms with van der Waals surface area (Å²) in [5.74, 6) is -0.437. The molecule has 4 nitrogen and oxygen atoms in total. The minimum absolute atomic E-state index is 0.0435. The third kappa shape index (κ3) is 2.45. The van der Waals surface area contributed by atoms with E-state index in [1.54, 1.807) is 23.3 Å². The topological polar surface area (TPSA) is 46.6 Å². The zero-order valence-corrected chi connectivity index (χ0v) is 10.9. The lowest BCUT2D eigenvalue weighted by atomic mass is 10.3. The van der Waals surface area contributed by atoms with Crippen LogP contribution in [0.15, 0.2) is 11.4 Å². The van der Waals surface area contributed by atoms with E-state index in [1.165, 1.54) is 11.3 Å². The average molecular weight is 274 g/mol. The van der Waals surface area contributed by atoms with E-state index in [9.17, 15) is 9.59 Å². The number of rotatable bonds is 3. The monoisotopic (exact) mass is 273 g/mol. The van der Waals surface area contributed by atoms with E-state index in [1.807, 2.05) is 0 Å². The summed E-state index contributed by atoms with van der Waals surface area (Å²) < 4.78 is 4.95. The van der Waals surface area contributed by atoms with E-state index in [-0.39, 0.29) is 11.3 Å². The van der Waals surface area contributed by atoms with Gasteiger partial charge in [-0.05, 0) is 18.4 Å². The first kappa shape index (κ1) is 12.4. The molecule has 1 aliphatic heterocycles. The first-order chi connectivity index (χ1) is 8.13. The summed E-state index contributed by atoms with van der Waals surface area (Å²) in [7, 11) is 0. The molecule has 2 rings (SSSR count). The zero-order chi connectivity index (χ0) is 12.4. The summed E-state index contributed by atoms with van der Waals surface area (Å²) >= 11 is 7.29. The van der Waals surface area contributed by atoms with Crippen LogP contribution in [0.1, 0.15) is 23.7 Å². The summed E-state index contributed by atoms with van der Waals surface area (Å²) in [4.78, 5) is 25.0. The van der Waals surface area contributed by atoms with E-state index < -0.39 is 5.97 Å². The molecule has 0 bridgehead atoms. The standard InChI is InChI=1S/C11H12ClNO3S/c1-2-16-11(15)8-3-4-17-10(8)13-6-7(12)5-9(13)14/h3-4,7H,2,5-6H2,1H3. The molecule has 17 heavy (non-hydrogen) atoms. The minimum atomic E-state index is -0.394. The van der Waals surface area contributed by atoms with Crippen molar-refractivity contribution in [2.45, 2.75) is 18.7 Å². The maximum Gasteiger partial charge on any atom is 0.341 e. The van der Waals surface area contributed by atoms with Gasteiger partial charge in [0, 0.05) is 13.0 Å². The van der Waals surface area contributed by atoms with Crippen molar-refractivity contribution in [1.29, 1.82) is 0 Å². The largest absolute Gasteiger partial charge is 0.462 e. The number of thiophene rings is 1. The summed E-state index contributed by atoms with van der Waals surface area (Å²) in [6.07, 6.45) is 0.321. The van der Waals surface area contributed by atoms with Gasteiger partial charge in [0.15, 0.2) is 0 Å². The van der Waals surface area contributed by atoms with E-state index in [4.69, 9.17) is 16.3 Å². The van der Waals surface area contributed by atoms with Crippen molar-refractivity contribution in [3.63, 3.8) is 0 Å². The van der Waals surface area contributed by atoms with Gasteiger partial charge in [0.25, 0.3) is 0 Å². The van der Waals surface area contributed by atoms with Gasteiger partial charge in [-0.25, -0.2) is 4.79 Å². The highest BCUT2D eigenvalue weighted by molar-refractivity contribution is 7.14. The van der Waals surface area contributed by atoms with Crippen LogP contribution in [0.5, 0.6) is 0 Å². The molecule has 1 aromatic rings.